The zero-order valence-corrected chi connectivity index (χ0v) is 14.5. The molecular weight excluding hydrogens is 352 g/mol. The lowest BCUT2D eigenvalue weighted by Gasteiger charge is -2.13. The molecule has 0 fully saturated rings. The molecule has 2 heterocycles. The van der Waals surface area contributed by atoms with Crippen molar-refractivity contribution in [2.45, 2.75) is 0 Å². The van der Waals surface area contributed by atoms with Crippen LogP contribution in [0.5, 0.6) is 0 Å². The average Bonchev–Trinajstić information content (AvgIpc) is 3.14. The molecule has 10 nitrogen and oxygen atoms in total. The highest BCUT2D eigenvalue weighted by Crippen LogP contribution is 2.21. The van der Waals surface area contributed by atoms with Gasteiger partial charge >= 0.3 is 5.88 Å². The molecule has 3 rings (SSSR count). The van der Waals surface area contributed by atoms with E-state index in [9.17, 15) is 14.9 Å². The third-order valence-corrected chi connectivity index (χ3v) is 3.57. The Morgan fingerprint density at radius 3 is 2.48 bits per heavy atom. The predicted molar refractivity (Wildman–Crippen MR) is 99.4 cm³/mol. The number of benzene rings is 1. The Morgan fingerprint density at radius 2 is 1.85 bits per heavy atom. The molecule has 0 saturated carbocycles. The predicted octanol–water partition coefficient (Wildman–Crippen LogP) is 3.04. The number of amides is 1. The van der Waals surface area contributed by atoms with Crippen LogP contribution in [0.15, 0.2) is 53.1 Å². The van der Waals surface area contributed by atoms with Crippen molar-refractivity contribution < 1.29 is 14.1 Å². The Hall–Kier alpha value is -3.95. The Morgan fingerprint density at radius 1 is 1.15 bits per heavy atom. The summed E-state index contributed by atoms with van der Waals surface area (Å²) in [5.41, 5.74) is 2.17. The molecule has 1 amide bonds. The van der Waals surface area contributed by atoms with Gasteiger partial charge in [-0.15, -0.1) is 5.10 Å². The Bertz CT molecular complexity index is 968. The first kappa shape index (κ1) is 17.9. The van der Waals surface area contributed by atoms with E-state index in [4.69, 9.17) is 4.42 Å². The van der Waals surface area contributed by atoms with Gasteiger partial charge in [0.15, 0.2) is 11.6 Å². The number of aromatic nitrogens is 2. The van der Waals surface area contributed by atoms with Gasteiger partial charge in [0.25, 0.3) is 5.91 Å². The van der Waals surface area contributed by atoms with Crippen LogP contribution in [-0.4, -0.2) is 35.1 Å². The molecule has 0 aliphatic carbocycles. The molecule has 1 aromatic carbocycles. The number of rotatable bonds is 6. The van der Waals surface area contributed by atoms with Crippen molar-refractivity contribution >= 4 is 34.7 Å². The van der Waals surface area contributed by atoms with E-state index in [-0.39, 0.29) is 5.76 Å². The minimum atomic E-state index is -0.703. The molecule has 2 N–H and O–H groups in total. The molecule has 0 atom stereocenters. The van der Waals surface area contributed by atoms with E-state index < -0.39 is 16.7 Å². The van der Waals surface area contributed by atoms with E-state index >= 15 is 0 Å². The smallest absolute Gasteiger partial charge is 0.395 e. The first-order chi connectivity index (χ1) is 12.9. The number of nitrogens with zero attached hydrogens (tertiary/aromatic N) is 4. The highest BCUT2D eigenvalue weighted by Gasteiger charge is 2.17. The molecular formula is C17H16N6O4. The van der Waals surface area contributed by atoms with Crippen molar-refractivity contribution in [2.24, 2.45) is 0 Å². The second-order valence-electron chi connectivity index (χ2n) is 5.74. The normalized spacial score (nSPS) is 10.3. The van der Waals surface area contributed by atoms with Crippen LogP contribution in [0.4, 0.5) is 28.8 Å². The fourth-order valence-electron chi connectivity index (χ4n) is 2.19. The molecule has 0 spiro atoms. The molecule has 0 bridgehead atoms. The highest BCUT2D eigenvalue weighted by atomic mass is 16.6. The van der Waals surface area contributed by atoms with Crippen LogP contribution in [0.3, 0.4) is 0 Å². The van der Waals surface area contributed by atoms with Crippen LogP contribution in [-0.2, 0) is 0 Å². The van der Waals surface area contributed by atoms with Crippen molar-refractivity contribution in [1.29, 1.82) is 0 Å². The molecule has 138 valence electrons. The van der Waals surface area contributed by atoms with Crippen LogP contribution >= 0.6 is 0 Å². The van der Waals surface area contributed by atoms with Crippen LogP contribution in [0.2, 0.25) is 0 Å². The summed E-state index contributed by atoms with van der Waals surface area (Å²) in [5.74, 6) is -0.616. The number of nitro groups is 1. The quantitative estimate of drug-likeness (QED) is 0.502. The number of anilines is 4. The van der Waals surface area contributed by atoms with Gasteiger partial charge in [-0.25, -0.2) is 0 Å². The Balaban J connectivity index is 1.65. The number of carbonyl (C=O) groups excluding carboxylic acids is 1. The third kappa shape index (κ3) is 4.37. The number of nitrogens with one attached hydrogen (secondary N) is 2. The van der Waals surface area contributed by atoms with Crippen molar-refractivity contribution in [1.82, 2.24) is 10.2 Å². The lowest BCUT2D eigenvalue weighted by molar-refractivity contribution is -0.402. The van der Waals surface area contributed by atoms with Crippen molar-refractivity contribution in [3.8, 4) is 0 Å². The molecule has 27 heavy (non-hydrogen) atoms. The van der Waals surface area contributed by atoms with Crippen LogP contribution in [0.1, 0.15) is 10.6 Å². The van der Waals surface area contributed by atoms with E-state index in [1.165, 1.54) is 6.07 Å². The summed E-state index contributed by atoms with van der Waals surface area (Å²) < 4.78 is 4.87. The number of carbonyl (C=O) groups is 1. The fourth-order valence-corrected chi connectivity index (χ4v) is 2.19. The maximum atomic E-state index is 12.1. The maximum Gasteiger partial charge on any atom is 0.433 e. The van der Waals surface area contributed by atoms with Gasteiger partial charge in [0.2, 0.25) is 0 Å². The van der Waals surface area contributed by atoms with E-state index in [1.807, 2.05) is 25.1 Å². The number of furan rings is 1. The molecule has 0 saturated heterocycles. The molecule has 0 radical (unpaired) electrons. The van der Waals surface area contributed by atoms with Gasteiger partial charge in [-0.2, -0.15) is 5.10 Å². The van der Waals surface area contributed by atoms with Gasteiger partial charge in [-0.1, -0.05) is 0 Å². The third-order valence-electron chi connectivity index (χ3n) is 3.57. The van der Waals surface area contributed by atoms with Gasteiger partial charge in [0.05, 0.1) is 18.0 Å². The minimum absolute atomic E-state index is 0.139. The summed E-state index contributed by atoms with van der Waals surface area (Å²) in [4.78, 5) is 23.9. The van der Waals surface area contributed by atoms with E-state index in [1.54, 1.807) is 30.5 Å². The van der Waals surface area contributed by atoms with Gasteiger partial charge in [0, 0.05) is 31.5 Å². The summed E-state index contributed by atoms with van der Waals surface area (Å²) in [6.45, 7) is 0. The van der Waals surface area contributed by atoms with Gasteiger partial charge < -0.3 is 20.0 Å². The van der Waals surface area contributed by atoms with E-state index in [0.717, 1.165) is 17.4 Å². The van der Waals surface area contributed by atoms with Gasteiger partial charge in [-0.05, 0) is 30.3 Å². The van der Waals surface area contributed by atoms with E-state index in [2.05, 4.69) is 20.8 Å². The van der Waals surface area contributed by atoms with Crippen LogP contribution in [0, 0.1) is 10.1 Å². The monoisotopic (exact) mass is 368 g/mol. The molecule has 10 heteroatoms. The van der Waals surface area contributed by atoms with E-state index in [0.29, 0.717) is 11.5 Å². The zero-order chi connectivity index (χ0) is 19.4. The SMILES string of the molecule is CN(C)c1cnnc(Nc2ccc(NC(=O)c3ccc([N+](=O)[O-])o3)cc2)c1. The molecule has 0 unspecified atom stereocenters. The first-order valence-electron chi connectivity index (χ1n) is 7.85. The van der Waals surface area contributed by atoms with Crippen molar-refractivity contribution in [2.75, 3.05) is 29.6 Å². The summed E-state index contributed by atoms with van der Waals surface area (Å²) in [6, 6.07) is 11.1. The largest absolute Gasteiger partial charge is 0.433 e. The minimum Gasteiger partial charge on any atom is -0.395 e. The van der Waals surface area contributed by atoms with Crippen molar-refractivity contribution in [3.63, 3.8) is 0 Å². The van der Waals surface area contributed by atoms with Gasteiger partial charge in [0.1, 0.15) is 4.92 Å². The highest BCUT2D eigenvalue weighted by molar-refractivity contribution is 6.02. The summed E-state index contributed by atoms with van der Waals surface area (Å²) >= 11 is 0. The second-order valence-corrected chi connectivity index (χ2v) is 5.74. The molecule has 3 aromatic rings. The lowest BCUT2D eigenvalue weighted by atomic mass is 10.2. The fraction of sp³-hybridized carbons (Fsp3) is 0.118. The Labute approximate surface area is 154 Å². The summed E-state index contributed by atoms with van der Waals surface area (Å²) in [6.07, 6.45) is 1.66. The molecule has 2 aromatic heterocycles. The average molecular weight is 368 g/mol. The number of hydrogen-bond acceptors (Lipinski definition) is 8. The number of hydrogen-bond donors (Lipinski definition) is 2. The standard InChI is InChI=1S/C17H16N6O4/c1-22(2)13-9-15(21-18-10-13)19-11-3-5-12(6-4-11)20-17(24)14-7-8-16(27-14)23(25)26/h3-10H,1-2H3,(H,19,21)(H,20,24). The molecule has 0 aliphatic heterocycles. The first-order valence-corrected chi connectivity index (χ1v) is 7.85. The lowest BCUT2D eigenvalue weighted by Crippen LogP contribution is -2.11. The summed E-state index contributed by atoms with van der Waals surface area (Å²) in [5, 5.41) is 24.3. The maximum absolute atomic E-state index is 12.1. The zero-order valence-electron chi connectivity index (χ0n) is 14.5. The second kappa shape index (κ2) is 7.52. The van der Waals surface area contributed by atoms with Crippen LogP contribution in [0.25, 0.3) is 0 Å². The Kier molecular flexibility index (Phi) is 4.97. The molecule has 0 aliphatic rings. The van der Waals surface area contributed by atoms with Crippen molar-refractivity contribution in [3.05, 3.63) is 64.5 Å². The topological polar surface area (TPSA) is 126 Å². The summed E-state index contributed by atoms with van der Waals surface area (Å²) in [7, 11) is 3.82. The van der Waals surface area contributed by atoms with Gasteiger partial charge in [-0.3, -0.25) is 14.9 Å². The van der Waals surface area contributed by atoms with Crippen LogP contribution < -0.4 is 15.5 Å².